The van der Waals surface area contributed by atoms with Gasteiger partial charge in [0.05, 0.1) is 11.1 Å². The number of hydrogen-bond donors (Lipinski definition) is 1. The van der Waals surface area contributed by atoms with Crippen molar-refractivity contribution in [3.8, 4) is 17.5 Å². The largest absolute Gasteiger partial charge is 0.492 e. The third-order valence-electron chi connectivity index (χ3n) is 4.52. The van der Waals surface area contributed by atoms with Gasteiger partial charge in [-0.15, -0.1) is 0 Å². The number of anilines is 1. The van der Waals surface area contributed by atoms with Crippen molar-refractivity contribution in [2.75, 3.05) is 11.9 Å². The van der Waals surface area contributed by atoms with Crippen LogP contribution in [0.5, 0.6) is 17.5 Å². The van der Waals surface area contributed by atoms with Crippen molar-refractivity contribution in [3.63, 3.8) is 0 Å². The average Bonchev–Trinajstić information content (AvgIpc) is 2.72. The van der Waals surface area contributed by atoms with Crippen molar-refractivity contribution < 1.29 is 14.3 Å². The molecule has 0 unspecified atom stereocenters. The second-order valence-corrected chi connectivity index (χ2v) is 8.03. The van der Waals surface area contributed by atoms with Crippen LogP contribution in [-0.4, -0.2) is 22.5 Å². The number of aryl methyl sites for hydroxylation is 3. The van der Waals surface area contributed by atoms with Crippen molar-refractivity contribution in [2.24, 2.45) is 0 Å². The quantitative estimate of drug-likeness (QED) is 0.377. The van der Waals surface area contributed by atoms with Crippen molar-refractivity contribution in [1.29, 1.82) is 0 Å². The van der Waals surface area contributed by atoms with E-state index in [1.165, 1.54) is 5.56 Å². The summed E-state index contributed by atoms with van der Waals surface area (Å²) in [6.45, 7) is 6.37. The Balaban J connectivity index is 1.43. The van der Waals surface area contributed by atoms with E-state index >= 15 is 0 Å². The number of nitrogens with one attached hydrogen (secondary N) is 1. The molecule has 0 saturated heterocycles. The van der Waals surface area contributed by atoms with Crippen LogP contribution in [0.1, 0.15) is 36.7 Å². The van der Waals surface area contributed by atoms with Crippen LogP contribution in [0.4, 0.5) is 5.69 Å². The highest BCUT2D eigenvalue weighted by molar-refractivity contribution is 9.10. The van der Waals surface area contributed by atoms with Gasteiger partial charge < -0.3 is 14.8 Å². The fourth-order valence-corrected chi connectivity index (χ4v) is 3.51. The smallest absolute Gasteiger partial charge is 0.322 e. The standard InChI is InChI=1S/C24H26BrN3O3/c1-4-18-7-12-22(21(25)15-18)30-13-5-6-23(29)28-19-8-10-20(11-9-19)31-24-26-16(2)14-17(3)27-24/h7-12,14-15H,4-6,13H2,1-3H3,(H,28,29). The summed E-state index contributed by atoms with van der Waals surface area (Å²) in [5, 5.41) is 2.89. The number of carbonyl (C=O) groups is 1. The van der Waals surface area contributed by atoms with Crippen LogP contribution in [-0.2, 0) is 11.2 Å². The summed E-state index contributed by atoms with van der Waals surface area (Å²) in [5.74, 6) is 1.34. The number of benzene rings is 2. The maximum atomic E-state index is 12.2. The minimum absolute atomic E-state index is 0.0599. The van der Waals surface area contributed by atoms with E-state index in [1.54, 1.807) is 24.3 Å². The Bertz CT molecular complexity index is 1020. The molecule has 31 heavy (non-hydrogen) atoms. The minimum atomic E-state index is -0.0599. The van der Waals surface area contributed by atoms with Gasteiger partial charge in [0.1, 0.15) is 11.5 Å². The Labute approximate surface area is 191 Å². The summed E-state index contributed by atoms with van der Waals surface area (Å²) in [5.41, 5.74) is 3.65. The molecule has 3 aromatic rings. The van der Waals surface area contributed by atoms with Crippen molar-refractivity contribution in [2.45, 2.75) is 40.0 Å². The van der Waals surface area contributed by atoms with E-state index in [2.05, 4.69) is 44.2 Å². The first-order valence-corrected chi connectivity index (χ1v) is 11.0. The van der Waals surface area contributed by atoms with E-state index in [0.29, 0.717) is 36.9 Å². The summed E-state index contributed by atoms with van der Waals surface area (Å²) in [7, 11) is 0. The second kappa shape index (κ2) is 10.9. The highest BCUT2D eigenvalue weighted by atomic mass is 79.9. The van der Waals surface area contributed by atoms with Gasteiger partial charge in [-0.1, -0.05) is 13.0 Å². The van der Waals surface area contributed by atoms with Crippen molar-refractivity contribution in [1.82, 2.24) is 9.97 Å². The second-order valence-electron chi connectivity index (χ2n) is 7.18. The number of nitrogens with zero attached hydrogens (tertiary/aromatic N) is 2. The summed E-state index contributed by atoms with van der Waals surface area (Å²) in [4.78, 5) is 20.7. The monoisotopic (exact) mass is 483 g/mol. The molecular weight excluding hydrogens is 458 g/mol. The van der Waals surface area contributed by atoms with Crippen LogP contribution in [0, 0.1) is 13.8 Å². The van der Waals surface area contributed by atoms with Gasteiger partial charge in [-0.2, -0.15) is 0 Å². The first kappa shape index (κ1) is 22.7. The van der Waals surface area contributed by atoms with Gasteiger partial charge in [-0.05, 0) is 90.6 Å². The SMILES string of the molecule is CCc1ccc(OCCCC(=O)Nc2ccc(Oc3nc(C)cc(C)n3)cc2)c(Br)c1. The zero-order valence-electron chi connectivity index (χ0n) is 17.9. The Morgan fingerprint density at radius 1 is 1.03 bits per heavy atom. The van der Waals surface area contributed by atoms with Crippen LogP contribution in [0.15, 0.2) is 53.0 Å². The lowest BCUT2D eigenvalue weighted by molar-refractivity contribution is -0.116. The fourth-order valence-electron chi connectivity index (χ4n) is 2.97. The molecule has 0 aliphatic carbocycles. The predicted molar refractivity (Wildman–Crippen MR) is 125 cm³/mol. The molecule has 0 aliphatic rings. The maximum Gasteiger partial charge on any atom is 0.322 e. The zero-order valence-corrected chi connectivity index (χ0v) is 19.5. The molecule has 0 spiro atoms. The molecule has 0 bridgehead atoms. The Kier molecular flexibility index (Phi) is 8.00. The fraction of sp³-hybridized carbons (Fsp3) is 0.292. The van der Waals surface area contributed by atoms with Crippen molar-refractivity contribution in [3.05, 3.63) is 70.0 Å². The molecule has 0 fully saturated rings. The third kappa shape index (κ3) is 7.07. The van der Waals surface area contributed by atoms with E-state index < -0.39 is 0 Å². The summed E-state index contributed by atoms with van der Waals surface area (Å²) < 4.78 is 12.4. The highest BCUT2D eigenvalue weighted by Gasteiger charge is 2.07. The molecule has 1 aromatic heterocycles. The number of hydrogen-bond acceptors (Lipinski definition) is 5. The number of ether oxygens (including phenoxy) is 2. The van der Waals surface area contributed by atoms with Gasteiger partial charge >= 0.3 is 6.01 Å². The lowest BCUT2D eigenvalue weighted by Gasteiger charge is -2.10. The number of rotatable bonds is 9. The number of carbonyl (C=O) groups excluding carboxylic acids is 1. The lowest BCUT2D eigenvalue weighted by Crippen LogP contribution is -2.12. The van der Waals surface area contributed by atoms with Crippen LogP contribution in [0.2, 0.25) is 0 Å². The van der Waals surface area contributed by atoms with Crippen LogP contribution in [0.3, 0.4) is 0 Å². The molecule has 1 N–H and O–H groups in total. The van der Waals surface area contributed by atoms with Gasteiger partial charge in [0, 0.05) is 23.5 Å². The van der Waals surface area contributed by atoms with Gasteiger partial charge in [-0.3, -0.25) is 4.79 Å². The third-order valence-corrected chi connectivity index (χ3v) is 5.14. The maximum absolute atomic E-state index is 12.2. The molecule has 1 amide bonds. The number of halogens is 1. The van der Waals surface area contributed by atoms with Gasteiger partial charge in [0.2, 0.25) is 5.91 Å². The molecule has 6 nitrogen and oxygen atoms in total. The molecule has 0 atom stereocenters. The van der Waals surface area contributed by atoms with Gasteiger partial charge in [0.25, 0.3) is 0 Å². The number of amides is 1. The van der Waals surface area contributed by atoms with Crippen molar-refractivity contribution >= 4 is 27.5 Å². The number of aromatic nitrogens is 2. The highest BCUT2D eigenvalue weighted by Crippen LogP contribution is 2.26. The van der Waals surface area contributed by atoms with E-state index in [-0.39, 0.29) is 5.91 Å². The molecule has 1 heterocycles. The van der Waals surface area contributed by atoms with Gasteiger partial charge in [-0.25, -0.2) is 9.97 Å². The Hall–Kier alpha value is -2.93. The van der Waals surface area contributed by atoms with E-state index in [0.717, 1.165) is 28.0 Å². The Morgan fingerprint density at radius 2 is 1.74 bits per heavy atom. The van der Waals surface area contributed by atoms with E-state index in [1.807, 2.05) is 32.0 Å². The zero-order chi connectivity index (χ0) is 22.2. The first-order chi connectivity index (χ1) is 14.9. The molecule has 7 heteroatoms. The summed E-state index contributed by atoms with van der Waals surface area (Å²) in [6, 6.07) is 15.4. The lowest BCUT2D eigenvalue weighted by atomic mass is 10.2. The Morgan fingerprint density at radius 3 is 2.39 bits per heavy atom. The van der Waals surface area contributed by atoms with Crippen LogP contribution in [0.25, 0.3) is 0 Å². The van der Waals surface area contributed by atoms with E-state index in [9.17, 15) is 4.79 Å². The molecule has 0 aliphatic heterocycles. The topological polar surface area (TPSA) is 73.3 Å². The van der Waals surface area contributed by atoms with E-state index in [4.69, 9.17) is 9.47 Å². The first-order valence-electron chi connectivity index (χ1n) is 10.2. The van der Waals surface area contributed by atoms with Gasteiger partial charge in [0.15, 0.2) is 0 Å². The molecule has 162 valence electrons. The normalized spacial score (nSPS) is 10.6. The van der Waals surface area contributed by atoms with Crippen LogP contribution >= 0.6 is 15.9 Å². The predicted octanol–water partition coefficient (Wildman–Crippen LogP) is 6.01. The minimum Gasteiger partial charge on any atom is -0.492 e. The summed E-state index contributed by atoms with van der Waals surface area (Å²) >= 11 is 3.52. The molecular formula is C24H26BrN3O3. The average molecular weight is 484 g/mol. The molecule has 3 rings (SSSR count). The molecule has 0 saturated carbocycles. The summed E-state index contributed by atoms with van der Waals surface area (Å²) in [6.07, 6.45) is 1.98. The van der Waals surface area contributed by atoms with Crippen LogP contribution < -0.4 is 14.8 Å². The molecule has 2 aromatic carbocycles. The molecule has 0 radical (unpaired) electrons.